The lowest BCUT2D eigenvalue weighted by Crippen LogP contribution is -2.27. The molecule has 2 heterocycles. The summed E-state index contributed by atoms with van der Waals surface area (Å²) in [6, 6.07) is 3.88. The molecule has 1 fully saturated rings. The number of rotatable bonds is 7. The highest BCUT2D eigenvalue weighted by molar-refractivity contribution is 8.26. The maximum atomic E-state index is 12.2. The van der Waals surface area contributed by atoms with Crippen molar-refractivity contribution in [3.05, 3.63) is 41.2 Å². The Kier molecular flexibility index (Phi) is 5.82. The van der Waals surface area contributed by atoms with Crippen molar-refractivity contribution >= 4 is 40.3 Å². The molecule has 21 heavy (non-hydrogen) atoms. The normalized spacial score (nSPS) is 17.0. The van der Waals surface area contributed by atoms with Gasteiger partial charge < -0.3 is 4.42 Å². The fourth-order valence-corrected chi connectivity index (χ4v) is 3.33. The second-order valence-corrected chi connectivity index (χ2v) is 6.52. The molecule has 5 heteroatoms. The first kappa shape index (κ1) is 16.0. The molecule has 0 aromatic carbocycles. The van der Waals surface area contributed by atoms with Gasteiger partial charge in [0.05, 0.1) is 4.91 Å². The monoisotopic (exact) mass is 321 g/mol. The van der Waals surface area contributed by atoms with Crippen molar-refractivity contribution in [1.29, 1.82) is 0 Å². The minimum absolute atomic E-state index is 0.0752. The van der Waals surface area contributed by atoms with Crippen molar-refractivity contribution in [3.63, 3.8) is 0 Å². The minimum Gasteiger partial charge on any atom is -0.462 e. The summed E-state index contributed by atoms with van der Waals surface area (Å²) < 4.78 is 6.32. The second kappa shape index (κ2) is 7.61. The molecule has 0 atom stereocenters. The van der Waals surface area contributed by atoms with Crippen LogP contribution in [-0.4, -0.2) is 21.7 Å². The van der Waals surface area contributed by atoms with Crippen LogP contribution in [0.15, 0.2) is 34.1 Å². The van der Waals surface area contributed by atoms with E-state index in [-0.39, 0.29) is 5.91 Å². The average molecular weight is 321 g/mol. The topological polar surface area (TPSA) is 33.5 Å². The number of amides is 1. The number of nitrogens with zero attached hydrogens (tertiary/aromatic N) is 1. The molecular weight excluding hydrogens is 302 g/mol. The molecule has 1 aromatic heterocycles. The number of thioether (sulfide) groups is 1. The third kappa shape index (κ3) is 4.08. The molecule has 1 aromatic rings. The molecule has 1 aliphatic heterocycles. The maximum Gasteiger partial charge on any atom is 0.266 e. The largest absolute Gasteiger partial charge is 0.462 e. The quantitative estimate of drug-likeness (QED) is 0.322. The Hall–Kier alpha value is -1.33. The van der Waals surface area contributed by atoms with Crippen LogP contribution in [0.5, 0.6) is 0 Å². The summed E-state index contributed by atoms with van der Waals surface area (Å²) in [4.78, 5) is 14.3. The molecule has 0 bridgehead atoms. The lowest BCUT2D eigenvalue weighted by atomic mass is 10.2. The van der Waals surface area contributed by atoms with Gasteiger partial charge in [-0.1, -0.05) is 49.8 Å². The lowest BCUT2D eigenvalue weighted by molar-refractivity contribution is -0.121. The van der Waals surface area contributed by atoms with Crippen molar-refractivity contribution in [2.24, 2.45) is 0 Å². The number of carbonyl (C=O) groups excluding carboxylic acids is 1. The van der Waals surface area contributed by atoms with Gasteiger partial charge in [0, 0.05) is 19.0 Å². The third-order valence-electron chi connectivity index (χ3n) is 3.17. The van der Waals surface area contributed by atoms with Crippen molar-refractivity contribution in [2.45, 2.75) is 32.6 Å². The van der Waals surface area contributed by atoms with Crippen LogP contribution in [0, 0.1) is 0 Å². The van der Waals surface area contributed by atoms with E-state index in [1.54, 1.807) is 17.1 Å². The molecule has 1 aliphatic rings. The highest BCUT2D eigenvalue weighted by atomic mass is 32.2. The molecule has 0 radical (unpaired) electrons. The van der Waals surface area contributed by atoms with Gasteiger partial charge >= 0.3 is 0 Å². The van der Waals surface area contributed by atoms with E-state index in [9.17, 15) is 4.79 Å². The molecule has 2 rings (SSSR count). The Balaban J connectivity index is 2.05. The van der Waals surface area contributed by atoms with Gasteiger partial charge in [-0.2, -0.15) is 0 Å². The highest BCUT2D eigenvalue weighted by Gasteiger charge is 2.31. The van der Waals surface area contributed by atoms with Crippen molar-refractivity contribution in [3.8, 4) is 0 Å². The SMILES string of the molecule is C=CCN1C(=O)/C(=C/c2ccc(CCCCC)o2)SC1=S. The summed E-state index contributed by atoms with van der Waals surface area (Å²) in [5.74, 6) is 1.60. The number of hydrogen-bond acceptors (Lipinski definition) is 4. The van der Waals surface area contributed by atoms with Crippen LogP contribution < -0.4 is 0 Å². The van der Waals surface area contributed by atoms with Gasteiger partial charge in [0.15, 0.2) is 0 Å². The van der Waals surface area contributed by atoms with E-state index in [1.807, 2.05) is 12.1 Å². The smallest absolute Gasteiger partial charge is 0.266 e. The number of furan rings is 1. The van der Waals surface area contributed by atoms with Crippen molar-refractivity contribution < 1.29 is 9.21 Å². The van der Waals surface area contributed by atoms with E-state index in [0.717, 1.165) is 18.6 Å². The summed E-state index contributed by atoms with van der Waals surface area (Å²) >= 11 is 6.51. The second-order valence-electron chi connectivity index (χ2n) is 4.84. The summed E-state index contributed by atoms with van der Waals surface area (Å²) in [6.45, 7) is 6.27. The predicted molar refractivity (Wildman–Crippen MR) is 92.0 cm³/mol. The van der Waals surface area contributed by atoms with Crippen LogP contribution in [0.2, 0.25) is 0 Å². The van der Waals surface area contributed by atoms with E-state index in [2.05, 4.69) is 13.5 Å². The van der Waals surface area contributed by atoms with Gasteiger partial charge in [0.2, 0.25) is 0 Å². The van der Waals surface area contributed by atoms with Crippen LogP contribution in [0.3, 0.4) is 0 Å². The van der Waals surface area contributed by atoms with Gasteiger partial charge in [0.25, 0.3) is 5.91 Å². The Morgan fingerprint density at radius 1 is 1.43 bits per heavy atom. The van der Waals surface area contributed by atoms with E-state index < -0.39 is 0 Å². The van der Waals surface area contributed by atoms with Gasteiger partial charge in [-0.05, 0) is 18.6 Å². The first-order valence-electron chi connectivity index (χ1n) is 7.10. The van der Waals surface area contributed by atoms with E-state index in [0.29, 0.717) is 21.5 Å². The first-order chi connectivity index (χ1) is 10.2. The Labute approximate surface area is 135 Å². The van der Waals surface area contributed by atoms with Gasteiger partial charge in [0.1, 0.15) is 15.8 Å². The number of carbonyl (C=O) groups is 1. The van der Waals surface area contributed by atoms with Crippen molar-refractivity contribution in [2.75, 3.05) is 6.54 Å². The number of aryl methyl sites for hydroxylation is 1. The number of unbranched alkanes of at least 4 members (excludes halogenated alkanes) is 2. The Morgan fingerprint density at radius 2 is 2.24 bits per heavy atom. The molecule has 112 valence electrons. The predicted octanol–water partition coefficient (Wildman–Crippen LogP) is 4.40. The molecule has 0 N–H and O–H groups in total. The summed E-state index contributed by atoms with van der Waals surface area (Å²) in [5, 5.41) is 0. The lowest BCUT2D eigenvalue weighted by Gasteiger charge is -2.10. The van der Waals surface area contributed by atoms with E-state index in [4.69, 9.17) is 16.6 Å². The van der Waals surface area contributed by atoms with E-state index in [1.165, 1.54) is 24.6 Å². The van der Waals surface area contributed by atoms with Gasteiger partial charge in [-0.25, -0.2) is 0 Å². The molecule has 0 unspecified atom stereocenters. The summed E-state index contributed by atoms with van der Waals surface area (Å²) in [5.41, 5.74) is 0. The standard InChI is InChI=1S/C16H19NO2S2/c1-3-5-6-7-12-8-9-13(19-12)11-14-15(18)17(10-4-2)16(20)21-14/h4,8-9,11H,2-3,5-7,10H2,1H3/b14-11-. The van der Waals surface area contributed by atoms with Gasteiger partial charge in [-0.15, -0.1) is 6.58 Å². The molecule has 1 amide bonds. The number of hydrogen-bond donors (Lipinski definition) is 0. The number of thiocarbonyl (C=S) groups is 1. The van der Waals surface area contributed by atoms with Crippen LogP contribution in [0.4, 0.5) is 0 Å². The van der Waals surface area contributed by atoms with Crippen LogP contribution in [-0.2, 0) is 11.2 Å². The minimum atomic E-state index is -0.0752. The average Bonchev–Trinajstić information content (AvgIpc) is 3.00. The molecule has 1 saturated heterocycles. The van der Waals surface area contributed by atoms with Crippen LogP contribution in [0.1, 0.15) is 37.7 Å². The fraction of sp³-hybridized carbons (Fsp3) is 0.375. The van der Waals surface area contributed by atoms with E-state index >= 15 is 0 Å². The van der Waals surface area contributed by atoms with Crippen LogP contribution >= 0.6 is 24.0 Å². The molecule has 0 saturated carbocycles. The zero-order valence-corrected chi connectivity index (χ0v) is 13.8. The summed E-state index contributed by atoms with van der Waals surface area (Å²) in [7, 11) is 0. The molecule has 0 aliphatic carbocycles. The van der Waals surface area contributed by atoms with Crippen molar-refractivity contribution in [1.82, 2.24) is 4.90 Å². The Morgan fingerprint density at radius 3 is 2.95 bits per heavy atom. The Bertz CT molecular complexity index is 575. The molecular formula is C16H19NO2S2. The summed E-state index contributed by atoms with van der Waals surface area (Å²) in [6.07, 6.45) is 7.91. The molecule has 0 spiro atoms. The fourth-order valence-electron chi connectivity index (χ4n) is 2.07. The van der Waals surface area contributed by atoms with Crippen LogP contribution in [0.25, 0.3) is 6.08 Å². The van der Waals surface area contributed by atoms with Gasteiger partial charge in [-0.3, -0.25) is 9.69 Å². The molecule has 3 nitrogen and oxygen atoms in total. The zero-order chi connectivity index (χ0) is 15.2. The zero-order valence-electron chi connectivity index (χ0n) is 12.1. The highest BCUT2D eigenvalue weighted by Crippen LogP contribution is 2.32. The maximum absolute atomic E-state index is 12.2. The first-order valence-corrected chi connectivity index (χ1v) is 8.33. The third-order valence-corrected chi connectivity index (χ3v) is 4.55.